The van der Waals surface area contributed by atoms with Crippen molar-refractivity contribution in [3.63, 3.8) is 0 Å². The predicted octanol–water partition coefficient (Wildman–Crippen LogP) is 2.76. The number of aromatic nitrogens is 5. The molecule has 0 saturated carbocycles. The Balaban J connectivity index is 1.53. The molecule has 0 aliphatic heterocycles. The molecule has 0 spiro atoms. The minimum atomic E-state index is -0.198. The van der Waals surface area contributed by atoms with E-state index in [0.29, 0.717) is 16.1 Å². The number of thioether (sulfide) groups is 1. The molecule has 3 rings (SSSR count). The molecule has 2 aromatic heterocycles. The maximum Gasteiger partial charge on any atom is 0.236 e. The highest BCUT2D eigenvalue weighted by molar-refractivity contribution is 7.99. The Bertz CT molecular complexity index is 1060. The van der Waals surface area contributed by atoms with Crippen LogP contribution < -0.4 is 10.6 Å². The molecule has 2 N–H and O–H groups in total. The van der Waals surface area contributed by atoms with Crippen molar-refractivity contribution in [3.8, 4) is 0 Å². The van der Waals surface area contributed by atoms with Crippen LogP contribution in [-0.2, 0) is 29.5 Å². The van der Waals surface area contributed by atoms with Crippen LogP contribution in [0.1, 0.15) is 28.9 Å². The van der Waals surface area contributed by atoms with Gasteiger partial charge in [-0.15, -0.1) is 20.4 Å². The maximum absolute atomic E-state index is 12.4. The van der Waals surface area contributed by atoms with Crippen LogP contribution in [0.5, 0.6) is 0 Å². The minimum absolute atomic E-state index is 0.0914. The summed E-state index contributed by atoms with van der Waals surface area (Å²) in [5.74, 6) is 0.310. The summed E-state index contributed by atoms with van der Waals surface area (Å²) < 4.78 is 1.72. The van der Waals surface area contributed by atoms with Gasteiger partial charge in [0.15, 0.2) is 5.16 Å². The van der Waals surface area contributed by atoms with Gasteiger partial charge < -0.3 is 9.88 Å². The zero-order valence-corrected chi connectivity index (χ0v) is 18.9. The van der Waals surface area contributed by atoms with Crippen LogP contribution >= 0.6 is 23.1 Å². The van der Waals surface area contributed by atoms with Crippen LogP contribution in [0.3, 0.4) is 0 Å². The van der Waals surface area contributed by atoms with Gasteiger partial charge in [0.05, 0.1) is 12.2 Å². The van der Waals surface area contributed by atoms with Gasteiger partial charge in [0.25, 0.3) is 0 Å². The van der Waals surface area contributed by atoms with E-state index in [0.717, 1.165) is 28.2 Å². The van der Waals surface area contributed by atoms with Crippen molar-refractivity contribution < 1.29 is 9.59 Å². The quantitative estimate of drug-likeness (QED) is 0.512. The first kappa shape index (κ1) is 21.9. The number of anilines is 2. The Kier molecular flexibility index (Phi) is 7.16. The van der Waals surface area contributed by atoms with Gasteiger partial charge in [-0.1, -0.05) is 47.7 Å². The second kappa shape index (κ2) is 9.81. The number of rotatable bonds is 8. The van der Waals surface area contributed by atoms with Gasteiger partial charge in [-0.25, -0.2) is 0 Å². The van der Waals surface area contributed by atoms with Gasteiger partial charge in [0, 0.05) is 12.7 Å². The van der Waals surface area contributed by atoms with E-state index in [1.165, 1.54) is 23.1 Å². The van der Waals surface area contributed by atoms with Crippen LogP contribution in [0.15, 0.2) is 23.4 Å². The summed E-state index contributed by atoms with van der Waals surface area (Å²) in [7, 11) is 1.78. The molecule has 0 radical (unpaired) electrons. The fraction of sp³-hybridized carbons (Fsp3) is 0.368. The normalized spacial score (nSPS) is 10.8. The van der Waals surface area contributed by atoms with E-state index in [4.69, 9.17) is 0 Å². The molecule has 0 atom stereocenters. The van der Waals surface area contributed by atoms with E-state index in [-0.39, 0.29) is 24.0 Å². The average Bonchev–Trinajstić information content (AvgIpc) is 3.29. The van der Waals surface area contributed by atoms with Crippen LogP contribution in [-0.4, -0.2) is 42.5 Å². The molecule has 0 fully saturated rings. The molecule has 3 aromatic rings. The Morgan fingerprint density at radius 3 is 2.60 bits per heavy atom. The van der Waals surface area contributed by atoms with Crippen molar-refractivity contribution in [2.75, 3.05) is 16.4 Å². The van der Waals surface area contributed by atoms with Crippen molar-refractivity contribution in [1.82, 2.24) is 25.0 Å². The molecule has 2 heterocycles. The predicted molar refractivity (Wildman–Crippen MR) is 118 cm³/mol. The molecule has 30 heavy (non-hydrogen) atoms. The van der Waals surface area contributed by atoms with E-state index in [1.54, 1.807) is 11.6 Å². The maximum atomic E-state index is 12.4. The van der Waals surface area contributed by atoms with Crippen molar-refractivity contribution in [3.05, 3.63) is 40.2 Å². The molecule has 158 valence electrons. The number of hydrogen-bond donors (Lipinski definition) is 2. The van der Waals surface area contributed by atoms with Gasteiger partial charge in [0.2, 0.25) is 16.9 Å². The zero-order valence-electron chi connectivity index (χ0n) is 17.2. The summed E-state index contributed by atoms with van der Waals surface area (Å²) in [5.41, 5.74) is 2.92. The van der Waals surface area contributed by atoms with Crippen molar-refractivity contribution in [1.29, 1.82) is 0 Å². The Morgan fingerprint density at radius 1 is 1.10 bits per heavy atom. The van der Waals surface area contributed by atoms with Crippen molar-refractivity contribution in [2.24, 2.45) is 7.05 Å². The third-order valence-electron chi connectivity index (χ3n) is 4.25. The summed E-state index contributed by atoms with van der Waals surface area (Å²) >= 11 is 2.60. The lowest BCUT2D eigenvalue weighted by molar-refractivity contribution is -0.116. The molecule has 2 amide bonds. The fourth-order valence-corrected chi connectivity index (χ4v) is 4.07. The lowest BCUT2D eigenvalue weighted by Gasteiger charge is -2.09. The Hall–Kier alpha value is -2.79. The van der Waals surface area contributed by atoms with Crippen molar-refractivity contribution >= 4 is 45.7 Å². The number of aryl methyl sites for hydroxylation is 3. The smallest absolute Gasteiger partial charge is 0.236 e. The third-order valence-corrected chi connectivity index (χ3v) is 6.25. The standard InChI is InChI=1S/C19H23N7O2S2/c1-5-17-23-24-18(30-17)21-16(28)10-29-19-25-22-14(26(19)4)9-15(27)20-13-7-6-11(2)8-12(13)3/h6-8H,5,9-10H2,1-4H3,(H,20,27)(H,21,24,28). The number of amides is 2. The van der Waals surface area contributed by atoms with E-state index >= 15 is 0 Å². The lowest BCUT2D eigenvalue weighted by Crippen LogP contribution is -2.18. The molecule has 0 bridgehead atoms. The molecule has 9 nitrogen and oxygen atoms in total. The van der Waals surface area contributed by atoms with E-state index in [2.05, 4.69) is 31.0 Å². The SMILES string of the molecule is CCc1nnc(NC(=O)CSc2nnc(CC(=O)Nc3ccc(C)cc3C)n2C)s1. The highest BCUT2D eigenvalue weighted by Gasteiger charge is 2.16. The summed E-state index contributed by atoms with van der Waals surface area (Å²) in [5, 5.41) is 23.6. The summed E-state index contributed by atoms with van der Waals surface area (Å²) in [4.78, 5) is 24.5. The van der Waals surface area contributed by atoms with Crippen LogP contribution in [0.4, 0.5) is 10.8 Å². The highest BCUT2D eigenvalue weighted by Crippen LogP contribution is 2.20. The summed E-state index contributed by atoms with van der Waals surface area (Å²) in [6.45, 7) is 5.94. The summed E-state index contributed by atoms with van der Waals surface area (Å²) in [6, 6.07) is 5.86. The molecule has 0 saturated heterocycles. The second-order valence-corrected chi connectivity index (χ2v) is 8.70. The molecular weight excluding hydrogens is 422 g/mol. The number of carbonyl (C=O) groups is 2. The second-order valence-electron chi connectivity index (χ2n) is 6.69. The third kappa shape index (κ3) is 5.63. The lowest BCUT2D eigenvalue weighted by atomic mass is 10.1. The number of nitrogens with one attached hydrogen (secondary N) is 2. The first-order valence-corrected chi connectivity index (χ1v) is 11.2. The topological polar surface area (TPSA) is 115 Å². The van der Waals surface area contributed by atoms with Crippen LogP contribution in [0, 0.1) is 13.8 Å². The molecule has 1 aromatic carbocycles. The number of benzene rings is 1. The Labute approximate surface area is 182 Å². The van der Waals surface area contributed by atoms with Crippen LogP contribution in [0.2, 0.25) is 0 Å². The van der Waals surface area contributed by atoms with Gasteiger partial charge in [-0.2, -0.15) is 0 Å². The van der Waals surface area contributed by atoms with Gasteiger partial charge in [0.1, 0.15) is 10.8 Å². The monoisotopic (exact) mass is 445 g/mol. The summed E-state index contributed by atoms with van der Waals surface area (Å²) in [6.07, 6.45) is 0.870. The largest absolute Gasteiger partial charge is 0.325 e. The van der Waals surface area contributed by atoms with E-state index in [9.17, 15) is 9.59 Å². The first-order valence-electron chi connectivity index (χ1n) is 9.36. The number of nitrogens with zero attached hydrogens (tertiary/aromatic N) is 5. The molecular formula is C19H23N7O2S2. The number of carbonyl (C=O) groups excluding carboxylic acids is 2. The van der Waals surface area contributed by atoms with E-state index in [1.807, 2.05) is 39.0 Å². The minimum Gasteiger partial charge on any atom is -0.325 e. The highest BCUT2D eigenvalue weighted by atomic mass is 32.2. The van der Waals surface area contributed by atoms with Crippen LogP contribution in [0.25, 0.3) is 0 Å². The number of hydrogen-bond acceptors (Lipinski definition) is 8. The average molecular weight is 446 g/mol. The first-order chi connectivity index (χ1) is 14.4. The molecule has 0 aliphatic carbocycles. The van der Waals surface area contributed by atoms with Gasteiger partial charge in [-0.3, -0.25) is 14.9 Å². The molecule has 11 heteroatoms. The zero-order chi connectivity index (χ0) is 21.7. The van der Waals surface area contributed by atoms with E-state index < -0.39 is 0 Å². The van der Waals surface area contributed by atoms with Gasteiger partial charge >= 0.3 is 0 Å². The van der Waals surface area contributed by atoms with Crippen molar-refractivity contribution in [2.45, 2.75) is 38.8 Å². The van der Waals surface area contributed by atoms with Gasteiger partial charge in [-0.05, 0) is 31.9 Å². The molecule has 0 aliphatic rings. The fourth-order valence-electron chi connectivity index (χ4n) is 2.65. The molecule has 0 unspecified atom stereocenters. The Morgan fingerprint density at radius 2 is 1.90 bits per heavy atom.